The van der Waals surface area contributed by atoms with Crippen LogP contribution in [0.5, 0.6) is 0 Å². The molecule has 2 saturated heterocycles. The van der Waals surface area contributed by atoms with Gasteiger partial charge in [-0.15, -0.1) is 0 Å². The van der Waals surface area contributed by atoms with Crippen LogP contribution in [0.2, 0.25) is 0 Å². The maximum absolute atomic E-state index is 12.3. The van der Waals surface area contributed by atoms with Crippen LogP contribution in [0.4, 0.5) is 13.2 Å². The van der Waals surface area contributed by atoms with Crippen LogP contribution in [-0.2, 0) is 6.54 Å². The van der Waals surface area contributed by atoms with Gasteiger partial charge in [0, 0.05) is 36.6 Å². The van der Waals surface area contributed by atoms with E-state index in [4.69, 9.17) is 0 Å². The average Bonchev–Trinajstić information content (AvgIpc) is 2.73. The Morgan fingerprint density at radius 1 is 1.10 bits per heavy atom. The zero-order chi connectivity index (χ0) is 14.9. The highest BCUT2D eigenvalue weighted by molar-refractivity contribution is 8.00. The summed E-state index contributed by atoms with van der Waals surface area (Å²) >= 11 is -0.0549. The Kier molecular flexibility index (Phi) is 4.47. The van der Waals surface area contributed by atoms with E-state index in [1.54, 1.807) is 12.1 Å². The Hall–Kier alpha value is -0.720. The van der Waals surface area contributed by atoms with Gasteiger partial charge in [0.2, 0.25) is 0 Å². The lowest BCUT2D eigenvalue weighted by atomic mass is 10.1. The second-order valence-electron chi connectivity index (χ2n) is 5.85. The van der Waals surface area contributed by atoms with Crippen LogP contribution in [0.15, 0.2) is 29.2 Å². The van der Waals surface area contributed by atoms with Crippen molar-refractivity contribution in [1.82, 2.24) is 10.2 Å². The first kappa shape index (κ1) is 15.2. The van der Waals surface area contributed by atoms with Gasteiger partial charge in [0.15, 0.2) is 0 Å². The molecule has 2 atom stereocenters. The van der Waals surface area contributed by atoms with Crippen molar-refractivity contribution in [2.75, 3.05) is 13.1 Å². The number of nitrogens with one attached hydrogen (secondary N) is 1. The summed E-state index contributed by atoms with van der Waals surface area (Å²) in [6.45, 7) is 2.92. The molecule has 116 valence electrons. The van der Waals surface area contributed by atoms with Gasteiger partial charge in [-0.2, -0.15) is 13.2 Å². The van der Waals surface area contributed by atoms with Gasteiger partial charge in [-0.25, -0.2) is 0 Å². The number of hydrogen-bond donors (Lipinski definition) is 1. The molecule has 1 aromatic rings. The van der Waals surface area contributed by atoms with E-state index in [2.05, 4.69) is 10.2 Å². The topological polar surface area (TPSA) is 15.3 Å². The van der Waals surface area contributed by atoms with Crippen molar-refractivity contribution in [3.05, 3.63) is 29.8 Å². The monoisotopic (exact) mass is 316 g/mol. The molecule has 2 unspecified atom stereocenters. The summed E-state index contributed by atoms with van der Waals surface area (Å²) in [5, 5.41) is 3.63. The van der Waals surface area contributed by atoms with Crippen molar-refractivity contribution in [2.45, 2.75) is 48.3 Å². The second-order valence-corrected chi connectivity index (χ2v) is 6.99. The molecule has 2 fully saturated rings. The Balaban J connectivity index is 1.57. The summed E-state index contributed by atoms with van der Waals surface area (Å²) < 4.78 is 36.9. The molecular formula is C15H19F3N2S. The van der Waals surface area contributed by atoms with Crippen molar-refractivity contribution in [3.63, 3.8) is 0 Å². The lowest BCUT2D eigenvalue weighted by Gasteiger charge is -2.24. The zero-order valence-corrected chi connectivity index (χ0v) is 12.5. The third-order valence-corrected chi connectivity index (χ3v) is 4.91. The Labute approximate surface area is 127 Å². The summed E-state index contributed by atoms with van der Waals surface area (Å²) in [5.41, 5.74) is -3.13. The summed E-state index contributed by atoms with van der Waals surface area (Å²) in [4.78, 5) is 2.66. The van der Waals surface area contributed by atoms with Gasteiger partial charge < -0.3 is 5.32 Å². The molecule has 0 spiro atoms. The van der Waals surface area contributed by atoms with E-state index in [-0.39, 0.29) is 16.7 Å². The van der Waals surface area contributed by atoms with Crippen molar-refractivity contribution in [2.24, 2.45) is 0 Å². The number of alkyl halides is 3. The quantitative estimate of drug-likeness (QED) is 0.858. The van der Waals surface area contributed by atoms with Crippen LogP contribution in [0, 0.1) is 0 Å². The number of fused-ring (bicyclic) bond motifs is 2. The molecule has 2 nitrogen and oxygen atoms in total. The highest BCUT2D eigenvalue weighted by Gasteiger charge is 2.30. The number of benzene rings is 1. The molecule has 6 heteroatoms. The van der Waals surface area contributed by atoms with Gasteiger partial charge in [-0.05, 0) is 48.7 Å². The van der Waals surface area contributed by atoms with Crippen LogP contribution >= 0.6 is 11.8 Å². The van der Waals surface area contributed by atoms with Gasteiger partial charge in [-0.1, -0.05) is 12.1 Å². The van der Waals surface area contributed by atoms with Crippen molar-refractivity contribution < 1.29 is 13.2 Å². The standard InChI is InChI=1S/C15H19F3N2S/c16-15(17,18)21-14-5-1-11(2-6-14)9-20-8-7-12-3-4-13(10-20)19-12/h1-2,5-6,12-13,19H,3-4,7-10H2. The van der Waals surface area contributed by atoms with Gasteiger partial charge in [-0.3, -0.25) is 4.90 Å². The van der Waals surface area contributed by atoms with E-state index in [1.807, 2.05) is 12.1 Å². The van der Waals surface area contributed by atoms with Crippen molar-refractivity contribution in [3.8, 4) is 0 Å². The fourth-order valence-electron chi connectivity index (χ4n) is 3.21. The summed E-state index contributed by atoms with van der Waals surface area (Å²) in [7, 11) is 0. The summed E-state index contributed by atoms with van der Waals surface area (Å²) in [6, 6.07) is 7.99. The molecule has 1 aromatic carbocycles. The van der Waals surface area contributed by atoms with Crippen LogP contribution in [-0.4, -0.2) is 35.6 Å². The molecule has 0 amide bonds. The first-order valence-electron chi connectivity index (χ1n) is 7.31. The number of rotatable bonds is 3. The van der Waals surface area contributed by atoms with E-state index in [0.29, 0.717) is 12.1 Å². The predicted octanol–water partition coefficient (Wildman–Crippen LogP) is 3.62. The van der Waals surface area contributed by atoms with Crippen molar-refractivity contribution >= 4 is 11.8 Å². The molecule has 2 heterocycles. The fraction of sp³-hybridized carbons (Fsp3) is 0.600. The lowest BCUT2D eigenvalue weighted by molar-refractivity contribution is -0.0328. The van der Waals surface area contributed by atoms with E-state index in [0.717, 1.165) is 25.2 Å². The summed E-state index contributed by atoms with van der Waals surface area (Å²) in [5.74, 6) is 0. The number of thioether (sulfide) groups is 1. The minimum Gasteiger partial charge on any atom is -0.310 e. The molecule has 21 heavy (non-hydrogen) atoms. The maximum Gasteiger partial charge on any atom is 0.446 e. The Bertz CT molecular complexity index is 475. The molecule has 0 saturated carbocycles. The average molecular weight is 316 g/mol. The lowest BCUT2D eigenvalue weighted by Crippen LogP contribution is -2.34. The Morgan fingerprint density at radius 2 is 1.81 bits per heavy atom. The maximum atomic E-state index is 12.3. The zero-order valence-electron chi connectivity index (χ0n) is 11.7. The Morgan fingerprint density at radius 3 is 2.52 bits per heavy atom. The van der Waals surface area contributed by atoms with Gasteiger partial charge in [0.05, 0.1) is 0 Å². The number of halogens is 3. The predicted molar refractivity (Wildman–Crippen MR) is 78.2 cm³/mol. The van der Waals surface area contributed by atoms with E-state index >= 15 is 0 Å². The van der Waals surface area contributed by atoms with Gasteiger partial charge >= 0.3 is 5.51 Å². The molecule has 0 aromatic heterocycles. The normalized spacial score (nSPS) is 26.8. The number of hydrogen-bond acceptors (Lipinski definition) is 3. The third-order valence-electron chi connectivity index (χ3n) is 4.17. The molecular weight excluding hydrogens is 297 g/mol. The fourth-order valence-corrected chi connectivity index (χ4v) is 3.75. The van der Waals surface area contributed by atoms with Crippen LogP contribution in [0.25, 0.3) is 0 Å². The van der Waals surface area contributed by atoms with E-state index in [1.165, 1.54) is 19.3 Å². The van der Waals surface area contributed by atoms with Crippen LogP contribution < -0.4 is 5.32 Å². The minimum absolute atomic E-state index is 0.0549. The number of nitrogens with zero attached hydrogens (tertiary/aromatic N) is 1. The second kappa shape index (κ2) is 6.18. The highest BCUT2D eigenvalue weighted by atomic mass is 32.2. The minimum atomic E-state index is -4.21. The highest BCUT2D eigenvalue weighted by Crippen LogP contribution is 2.36. The first-order chi connectivity index (χ1) is 9.98. The molecule has 2 aliphatic rings. The van der Waals surface area contributed by atoms with Crippen LogP contribution in [0.3, 0.4) is 0 Å². The summed E-state index contributed by atoms with van der Waals surface area (Å²) in [6.07, 6.45) is 3.68. The smallest absolute Gasteiger partial charge is 0.310 e. The molecule has 2 aliphatic heterocycles. The number of likely N-dealkylation sites (tertiary alicyclic amines) is 1. The van der Waals surface area contributed by atoms with Gasteiger partial charge in [0.25, 0.3) is 0 Å². The molecule has 3 rings (SSSR count). The van der Waals surface area contributed by atoms with E-state index < -0.39 is 5.51 Å². The largest absolute Gasteiger partial charge is 0.446 e. The van der Waals surface area contributed by atoms with Gasteiger partial charge in [0.1, 0.15) is 0 Å². The molecule has 0 radical (unpaired) electrons. The van der Waals surface area contributed by atoms with E-state index in [9.17, 15) is 13.2 Å². The molecule has 1 N–H and O–H groups in total. The SMILES string of the molecule is FC(F)(F)Sc1ccc(CN2CCC3CCC(C2)N3)cc1. The molecule has 0 aliphatic carbocycles. The third kappa shape index (κ3) is 4.37. The first-order valence-corrected chi connectivity index (χ1v) is 8.13. The van der Waals surface area contributed by atoms with Crippen molar-refractivity contribution in [1.29, 1.82) is 0 Å². The molecule has 2 bridgehead atoms. The van der Waals surface area contributed by atoms with Crippen LogP contribution in [0.1, 0.15) is 24.8 Å².